The molecule has 0 aromatic heterocycles. The lowest BCUT2D eigenvalue weighted by molar-refractivity contribution is -0.140. The molecular weight excluding hydrogens is 264 g/mol. The molecule has 1 heterocycles. The molecule has 0 N–H and O–H groups in total. The van der Waals surface area contributed by atoms with Crippen LogP contribution >= 0.6 is 0 Å². The first-order valence-corrected chi connectivity index (χ1v) is 7.47. The molecular formula is C17H26N2O2. The topological polar surface area (TPSA) is 32.8 Å². The van der Waals surface area contributed by atoms with Gasteiger partial charge in [-0.3, -0.25) is 9.69 Å². The molecule has 21 heavy (non-hydrogen) atoms. The number of anilines is 1. The standard InChI is InChI=1S/C17H26N2O2/c1-21-17(20)10-6-3-7-11-18-12-14-19(15-13-18)16-8-4-2-5-9-16/h2,4-5,8-9H,3,6-7,10-15H2,1H3/i2D,4D,5D,8D,9D. The van der Waals surface area contributed by atoms with E-state index in [1.807, 2.05) is 4.90 Å². The number of unbranched alkanes of at least 4 members (excludes halogenated alkanes) is 2. The van der Waals surface area contributed by atoms with E-state index in [0.717, 1.165) is 38.9 Å². The first-order chi connectivity index (χ1) is 12.4. The third-order valence-corrected chi connectivity index (χ3v) is 3.76. The summed E-state index contributed by atoms with van der Waals surface area (Å²) in [7, 11) is 1.40. The molecule has 1 aliphatic rings. The molecule has 0 aliphatic carbocycles. The number of methoxy groups -OCH3 is 1. The average Bonchev–Trinajstić information content (AvgIpc) is 2.65. The fourth-order valence-electron chi connectivity index (χ4n) is 2.48. The number of hydrogen-bond acceptors (Lipinski definition) is 4. The summed E-state index contributed by atoms with van der Waals surface area (Å²) >= 11 is 0. The summed E-state index contributed by atoms with van der Waals surface area (Å²) in [5.74, 6) is -0.169. The summed E-state index contributed by atoms with van der Waals surface area (Å²) in [4.78, 5) is 15.3. The van der Waals surface area contributed by atoms with E-state index in [2.05, 4.69) is 9.64 Å². The van der Waals surface area contributed by atoms with Gasteiger partial charge in [-0.05, 0) is 31.5 Å². The lowest BCUT2D eigenvalue weighted by Crippen LogP contribution is -2.46. The lowest BCUT2D eigenvalue weighted by Gasteiger charge is -2.36. The summed E-state index contributed by atoms with van der Waals surface area (Å²) in [5.41, 5.74) is 0.300. The van der Waals surface area contributed by atoms with Gasteiger partial charge in [0, 0.05) is 38.3 Å². The van der Waals surface area contributed by atoms with E-state index in [0.29, 0.717) is 25.2 Å². The molecule has 0 spiro atoms. The van der Waals surface area contributed by atoms with Gasteiger partial charge in [0.2, 0.25) is 0 Å². The Kier molecular flexibility index (Phi) is 4.22. The molecule has 4 heteroatoms. The van der Waals surface area contributed by atoms with Gasteiger partial charge in [0.25, 0.3) is 0 Å². The Hall–Kier alpha value is -1.55. The van der Waals surface area contributed by atoms with Crippen molar-refractivity contribution in [2.24, 2.45) is 0 Å². The Morgan fingerprint density at radius 1 is 1.14 bits per heavy atom. The number of benzene rings is 1. The zero-order chi connectivity index (χ0) is 19.3. The summed E-state index contributed by atoms with van der Waals surface area (Å²) in [6.07, 6.45) is 3.26. The van der Waals surface area contributed by atoms with Crippen molar-refractivity contribution in [2.75, 3.05) is 44.7 Å². The number of ether oxygens (including phenoxy) is 1. The van der Waals surface area contributed by atoms with Crippen molar-refractivity contribution >= 4 is 11.7 Å². The maximum Gasteiger partial charge on any atom is 0.305 e. The normalized spacial score (nSPS) is 19.3. The van der Waals surface area contributed by atoms with Gasteiger partial charge in [-0.1, -0.05) is 24.5 Å². The summed E-state index contributed by atoms with van der Waals surface area (Å²) in [6.45, 7) is 3.79. The van der Waals surface area contributed by atoms with Crippen LogP contribution in [-0.2, 0) is 9.53 Å². The minimum absolute atomic E-state index is 0.132. The van der Waals surface area contributed by atoms with Crippen LogP contribution in [0.25, 0.3) is 0 Å². The van der Waals surface area contributed by atoms with Crippen LogP contribution in [-0.4, -0.2) is 50.7 Å². The van der Waals surface area contributed by atoms with Crippen LogP contribution in [0.1, 0.15) is 32.5 Å². The smallest absolute Gasteiger partial charge is 0.305 e. The van der Waals surface area contributed by atoms with E-state index in [1.165, 1.54) is 7.11 Å². The maximum absolute atomic E-state index is 11.1. The third-order valence-electron chi connectivity index (χ3n) is 3.76. The Morgan fingerprint density at radius 3 is 2.52 bits per heavy atom. The second-order valence-corrected chi connectivity index (χ2v) is 5.19. The number of rotatable bonds is 7. The van der Waals surface area contributed by atoms with Crippen molar-refractivity contribution in [3.05, 3.63) is 30.2 Å². The fraction of sp³-hybridized carbons (Fsp3) is 0.588. The zero-order valence-electron chi connectivity index (χ0n) is 17.6. The van der Waals surface area contributed by atoms with Gasteiger partial charge in [0.05, 0.1) is 14.0 Å². The van der Waals surface area contributed by atoms with Crippen molar-refractivity contribution in [2.45, 2.75) is 25.7 Å². The van der Waals surface area contributed by atoms with Gasteiger partial charge in [0.15, 0.2) is 0 Å². The highest BCUT2D eigenvalue weighted by Crippen LogP contribution is 2.15. The van der Waals surface area contributed by atoms with Crippen molar-refractivity contribution in [1.29, 1.82) is 0 Å². The quantitative estimate of drug-likeness (QED) is 0.572. The molecule has 1 saturated heterocycles. The van der Waals surface area contributed by atoms with Gasteiger partial charge in [-0.25, -0.2) is 0 Å². The first-order valence-electron chi connectivity index (χ1n) is 9.97. The second kappa shape index (κ2) is 8.67. The van der Waals surface area contributed by atoms with Crippen molar-refractivity contribution in [1.82, 2.24) is 4.90 Å². The number of esters is 1. The van der Waals surface area contributed by atoms with Crippen LogP contribution in [0.3, 0.4) is 0 Å². The van der Waals surface area contributed by atoms with Crippen LogP contribution in [0, 0.1) is 0 Å². The number of piperazine rings is 1. The minimum Gasteiger partial charge on any atom is -0.469 e. The number of carbonyl (C=O) groups is 1. The van der Waals surface area contributed by atoms with Crippen LogP contribution < -0.4 is 4.90 Å². The maximum atomic E-state index is 11.1. The van der Waals surface area contributed by atoms with Crippen LogP contribution in [0.4, 0.5) is 5.69 Å². The predicted octanol–water partition coefficient (Wildman–Crippen LogP) is 2.54. The SMILES string of the molecule is [2H]c1c([2H])c([2H])c(N2CCN(CCCCCC(=O)OC)CC2)c([2H])c1[2H]. The molecule has 2 rings (SSSR count). The molecule has 0 saturated carbocycles. The Balaban J connectivity index is 1.85. The van der Waals surface area contributed by atoms with E-state index in [9.17, 15) is 4.79 Å². The second-order valence-electron chi connectivity index (χ2n) is 5.19. The van der Waals surface area contributed by atoms with Crippen molar-refractivity contribution in [3.63, 3.8) is 0 Å². The molecule has 0 unspecified atom stereocenters. The molecule has 0 radical (unpaired) electrons. The lowest BCUT2D eigenvalue weighted by atomic mass is 10.1. The van der Waals surface area contributed by atoms with Gasteiger partial charge in [0.1, 0.15) is 0 Å². The molecule has 1 fully saturated rings. The molecule has 0 bridgehead atoms. The molecule has 1 aliphatic heterocycles. The van der Waals surface area contributed by atoms with Gasteiger partial charge < -0.3 is 9.64 Å². The molecule has 116 valence electrons. The van der Waals surface area contributed by atoms with E-state index in [4.69, 9.17) is 6.85 Å². The number of nitrogens with zero attached hydrogens (tertiary/aromatic N) is 2. The van der Waals surface area contributed by atoms with Gasteiger partial charge in [-0.15, -0.1) is 0 Å². The third kappa shape index (κ3) is 5.38. The van der Waals surface area contributed by atoms with Gasteiger partial charge in [-0.2, -0.15) is 0 Å². The number of para-hydroxylation sites is 1. The monoisotopic (exact) mass is 295 g/mol. The predicted molar refractivity (Wildman–Crippen MR) is 85.6 cm³/mol. The molecule has 0 atom stereocenters. The summed E-state index contributed by atoms with van der Waals surface area (Å²) in [6, 6.07) is -1.18. The van der Waals surface area contributed by atoms with Crippen molar-refractivity contribution in [3.8, 4) is 0 Å². The first kappa shape index (κ1) is 10.2. The van der Waals surface area contributed by atoms with E-state index in [1.54, 1.807) is 0 Å². The largest absolute Gasteiger partial charge is 0.469 e. The highest BCUT2D eigenvalue weighted by Gasteiger charge is 2.16. The van der Waals surface area contributed by atoms with E-state index in [-0.39, 0.29) is 36.2 Å². The Morgan fingerprint density at radius 2 is 1.86 bits per heavy atom. The molecule has 4 nitrogen and oxygen atoms in total. The van der Waals surface area contributed by atoms with Crippen LogP contribution in [0.2, 0.25) is 0 Å². The zero-order valence-corrected chi connectivity index (χ0v) is 12.6. The average molecular weight is 295 g/mol. The van der Waals surface area contributed by atoms with Gasteiger partial charge >= 0.3 is 5.97 Å². The summed E-state index contributed by atoms with van der Waals surface area (Å²) < 4.78 is 44.0. The van der Waals surface area contributed by atoms with Crippen molar-refractivity contribution < 1.29 is 16.4 Å². The minimum atomic E-state index is -0.352. The molecule has 0 amide bonds. The van der Waals surface area contributed by atoms with Crippen LogP contribution in [0.15, 0.2) is 30.2 Å². The fourth-order valence-corrected chi connectivity index (χ4v) is 2.48. The van der Waals surface area contributed by atoms with E-state index >= 15 is 0 Å². The Labute approximate surface area is 134 Å². The number of hydrogen-bond donors (Lipinski definition) is 0. The summed E-state index contributed by atoms with van der Waals surface area (Å²) in [5, 5.41) is 0. The molecule has 1 aromatic rings. The van der Waals surface area contributed by atoms with Crippen LogP contribution in [0.5, 0.6) is 0 Å². The van der Waals surface area contributed by atoms with E-state index < -0.39 is 0 Å². The number of carbonyl (C=O) groups excluding carboxylic acids is 1. The highest BCUT2D eigenvalue weighted by molar-refractivity contribution is 5.68. The molecule has 1 aromatic carbocycles. The highest BCUT2D eigenvalue weighted by atomic mass is 16.5. The Bertz CT molecular complexity index is 620.